The number of hydrogen-bond donors (Lipinski definition) is 2. The summed E-state index contributed by atoms with van der Waals surface area (Å²) in [5, 5.41) is 11.9. The van der Waals surface area contributed by atoms with E-state index in [2.05, 4.69) is 5.32 Å². The van der Waals surface area contributed by atoms with Gasteiger partial charge in [0.2, 0.25) is 0 Å². The maximum atomic E-state index is 13.3. The summed E-state index contributed by atoms with van der Waals surface area (Å²) in [7, 11) is 0. The van der Waals surface area contributed by atoms with E-state index in [0.29, 0.717) is 19.5 Å². The molecule has 106 valence electrons. The van der Waals surface area contributed by atoms with Crippen LogP contribution in [0, 0.1) is 23.5 Å². The van der Waals surface area contributed by atoms with Crippen LogP contribution in [0.25, 0.3) is 0 Å². The number of carbonyl (C=O) groups is 1. The molecule has 7 heteroatoms. The van der Waals surface area contributed by atoms with Gasteiger partial charge in [-0.25, -0.2) is 8.78 Å². The van der Waals surface area contributed by atoms with Gasteiger partial charge in [0.15, 0.2) is 17.4 Å². The number of para-hydroxylation sites is 1. The summed E-state index contributed by atoms with van der Waals surface area (Å²) in [6.07, 6.45) is 0.443. The zero-order valence-electron chi connectivity index (χ0n) is 10.2. The molecule has 1 aromatic carbocycles. The molecule has 0 aromatic heterocycles. The fourth-order valence-corrected chi connectivity index (χ4v) is 2.17. The third-order valence-corrected chi connectivity index (χ3v) is 3.17. The Labute approximate surface area is 127 Å². The van der Waals surface area contributed by atoms with Crippen molar-refractivity contribution in [1.82, 2.24) is 5.32 Å². The topological polar surface area (TPSA) is 58.6 Å². The molecular weight excluding hydrogens is 263 g/mol. The summed E-state index contributed by atoms with van der Waals surface area (Å²) < 4.78 is 31.8. The normalized spacial score (nSPS) is 21.9. The first kappa shape index (κ1) is 17.0. The van der Waals surface area contributed by atoms with Crippen LogP contribution in [0.5, 0.6) is 5.75 Å². The third kappa shape index (κ3) is 4.20. The van der Waals surface area contributed by atoms with Crippen molar-refractivity contribution in [2.24, 2.45) is 11.8 Å². The second-order valence-corrected chi connectivity index (χ2v) is 4.66. The van der Waals surface area contributed by atoms with Gasteiger partial charge in [0.05, 0.1) is 12.5 Å². The predicted molar refractivity (Wildman–Crippen MR) is 71.1 cm³/mol. The van der Waals surface area contributed by atoms with E-state index < -0.39 is 29.3 Å². The summed E-state index contributed by atoms with van der Waals surface area (Å²) >= 11 is 0. The average Bonchev–Trinajstić information content (AvgIpc) is 2.38. The van der Waals surface area contributed by atoms with Crippen LogP contribution in [-0.2, 0) is 4.79 Å². The van der Waals surface area contributed by atoms with Crippen molar-refractivity contribution in [2.45, 2.75) is 6.42 Å². The molecule has 20 heavy (non-hydrogen) atoms. The monoisotopic (exact) mass is 279 g/mol. The number of rotatable bonds is 4. The molecule has 1 heterocycles. The van der Waals surface area contributed by atoms with Crippen LogP contribution in [0.2, 0.25) is 0 Å². The molecule has 0 saturated carbocycles. The van der Waals surface area contributed by atoms with Crippen molar-refractivity contribution in [2.75, 3.05) is 19.7 Å². The molecule has 0 spiro atoms. The molecule has 1 aromatic rings. The van der Waals surface area contributed by atoms with Gasteiger partial charge < -0.3 is 15.2 Å². The number of nitrogens with one attached hydrogen (secondary N) is 1. The SMILES string of the molecule is O=C(O)C1CNCC(COc2c(F)cccc2F)C1.[LiH]. The standard InChI is InChI=1S/C13H15F2NO3.Li.H/c14-10-2-1-3-11(15)12(10)19-7-8-4-9(13(17)18)6-16-5-8;;/h1-3,8-9,16H,4-7H2,(H,17,18);;. The molecule has 1 aliphatic heterocycles. The van der Waals surface area contributed by atoms with Gasteiger partial charge in [-0.2, -0.15) is 0 Å². The maximum absolute atomic E-state index is 13.3. The molecule has 2 rings (SSSR count). The molecule has 1 fully saturated rings. The van der Waals surface area contributed by atoms with Gasteiger partial charge >= 0.3 is 24.8 Å². The van der Waals surface area contributed by atoms with Crippen molar-refractivity contribution < 1.29 is 23.4 Å². The van der Waals surface area contributed by atoms with Crippen LogP contribution in [-0.4, -0.2) is 49.6 Å². The first-order valence-electron chi connectivity index (χ1n) is 6.08. The Morgan fingerprint density at radius 3 is 2.60 bits per heavy atom. The van der Waals surface area contributed by atoms with Gasteiger partial charge in [-0.15, -0.1) is 0 Å². The molecule has 1 aliphatic rings. The van der Waals surface area contributed by atoms with E-state index in [9.17, 15) is 13.6 Å². The van der Waals surface area contributed by atoms with E-state index in [4.69, 9.17) is 9.84 Å². The van der Waals surface area contributed by atoms with Crippen LogP contribution in [0.4, 0.5) is 8.78 Å². The second-order valence-electron chi connectivity index (χ2n) is 4.66. The van der Waals surface area contributed by atoms with Crippen molar-refractivity contribution >= 4 is 24.8 Å². The van der Waals surface area contributed by atoms with Gasteiger partial charge in [-0.05, 0) is 18.6 Å². The predicted octanol–water partition coefficient (Wildman–Crippen LogP) is 1.01. The van der Waals surface area contributed by atoms with Gasteiger partial charge in [0.25, 0.3) is 0 Å². The zero-order valence-corrected chi connectivity index (χ0v) is 10.2. The molecular formula is C13H16F2LiNO3. The minimum absolute atomic E-state index is 0. The van der Waals surface area contributed by atoms with E-state index >= 15 is 0 Å². The number of halogens is 2. The number of piperidine rings is 1. The van der Waals surface area contributed by atoms with E-state index in [0.717, 1.165) is 12.1 Å². The number of benzene rings is 1. The molecule has 0 amide bonds. The number of hydrogen-bond acceptors (Lipinski definition) is 3. The molecule has 1 saturated heterocycles. The molecule has 2 atom stereocenters. The molecule has 4 nitrogen and oxygen atoms in total. The van der Waals surface area contributed by atoms with Gasteiger partial charge in [0, 0.05) is 19.0 Å². The van der Waals surface area contributed by atoms with Gasteiger partial charge in [-0.3, -0.25) is 4.79 Å². The van der Waals surface area contributed by atoms with Crippen LogP contribution >= 0.6 is 0 Å². The Kier molecular flexibility index (Phi) is 6.47. The summed E-state index contributed by atoms with van der Waals surface area (Å²) in [6.45, 7) is 1.09. The van der Waals surface area contributed by atoms with E-state index in [1.165, 1.54) is 6.07 Å². The zero-order chi connectivity index (χ0) is 13.8. The summed E-state index contributed by atoms with van der Waals surface area (Å²) in [4.78, 5) is 10.9. The van der Waals surface area contributed by atoms with E-state index in [-0.39, 0.29) is 31.4 Å². The number of ether oxygens (including phenoxy) is 1. The van der Waals surface area contributed by atoms with Crippen LogP contribution < -0.4 is 10.1 Å². The summed E-state index contributed by atoms with van der Waals surface area (Å²) in [5.41, 5.74) is 0. The Morgan fingerprint density at radius 1 is 1.35 bits per heavy atom. The first-order valence-corrected chi connectivity index (χ1v) is 6.08. The fourth-order valence-electron chi connectivity index (χ4n) is 2.17. The second kappa shape index (κ2) is 7.63. The quantitative estimate of drug-likeness (QED) is 0.807. The number of carboxylic acids is 1. The molecule has 0 radical (unpaired) electrons. The third-order valence-electron chi connectivity index (χ3n) is 3.17. The minimum atomic E-state index is -0.866. The Morgan fingerprint density at radius 2 is 2.00 bits per heavy atom. The van der Waals surface area contributed by atoms with Gasteiger partial charge in [0.1, 0.15) is 0 Å². The average molecular weight is 279 g/mol. The Balaban J connectivity index is 0.00000200. The van der Waals surface area contributed by atoms with E-state index in [1.807, 2.05) is 0 Å². The first-order chi connectivity index (χ1) is 9.08. The fraction of sp³-hybridized carbons (Fsp3) is 0.462. The van der Waals surface area contributed by atoms with Crippen molar-refractivity contribution in [1.29, 1.82) is 0 Å². The van der Waals surface area contributed by atoms with Crippen LogP contribution in [0.15, 0.2) is 18.2 Å². The van der Waals surface area contributed by atoms with Crippen molar-refractivity contribution in [3.05, 3.63) is 29.8 Å². The summed E-state index contributed by atoms with van der Waals surface area (Å²) in [6, 6.07) is 3.51. The molecule has 0 bridgehead atoms. The van der Waals surface area contributed by atoms with Gasteiger partial charge in [-0.1, -0.05) is 6.07 Å². The number of carboxylic acid groups (broad SMARTS) is 1. The van der Waals surface area contributed by atoms with Crippen LogP contribution in [0.3, 0.4) is 0 Å². The van der Waals surface area contributed by atoms with E-state index in [1.54, 1.807) is 0 Å². The summed E-state index contributed by atoms with van der Waals surface area (Å²) in [5.74, 6) is -3.33. The Bertz CT molecular complexity index is 453. The van der Waals surface area contributed by atoms with Crippen LogP contribution in [0.1, 0.15) is 6.42 Å². The molecule has 2 unspecified atom stereocenters. The number of aliphatic carboxylic acids is 1. The molecule has 2 N–H and O–H groups in total. The van der Waals surface area contributed by atoms with Crippen molar-refractivity contribution in [3.8, 4) is 5.75 Å². The van der Waals surface area contributed by atoms with Crippen molar-refractivity contribution in [3.63, 3.8) is 0 Å². The molecule has 0 aliphatic carbocycles. The Hall–Kier alpha value is -1.09.